The molecule has 3 nitrogen and oxygen atoms in total. The zero-order valence-corrected chi connectivity index (χ0v) is 8.50. The van der Waals surface area contributed by atoms with E-state index < -0.39 is 5.97 Å². The van der Waals surface area contributed by atoms with Gasteiger partial charge >= 0.3 is 5.97 Å². The number of hydrogen-bond donors (Lipinski definition) is 0. The van der Waals surface area contributed by atoms with Crippen LogP contribution in [-0.2, 0) is 4.79 Å². The summed E-state index contributed by atoms with van der Waals surface area (Å²) < 4.78 is 5.43. The summed E-state index contributed by atoms with van der Waals surface area (Å²) >= 11 is 3.17. The summed E-state index contributed by atoms with van der Waals surface area (Å²) in [7, 11) is 0. The van der Waals surface area contributed by atoms with Crippen molar-refractivity contribution < 1.29 is 14.3 Å². The zero-order chi connectivity index (χ0) is 9.84. The number of ether oxygens (including phenoxy) is 1. The number of carbonyl (C=O) groups excluding carboxylic acids is 2. The molecule has 1 rings (SSSR count). The van der Waals surface area contributed by atoms with Crippen LogP contribution in [-0.4, -0.2) is 12.3 Å². The molecule has 4 heteroatoms. The molecule has 0 aromatic heterocycles. The maximum absolute atomic E-state index is 10.6. The van der Waals surface area contributed by atoms with Gasteiger partial charge in [-0.1, -0.05) is 6.07 Å². The Hall–Kier alpha value is -1.16. The third-order valence-electron chi connectivity index (χ3n) is 1.38. The number of hydrogen-bond acceptors (Lipinski definition) is 3. The van der Waals surface area contributed by atoms with Crippen LogP contribution in [0.15, 0.2) is 22.7 Å². The predicted octanol–water partition coefficient (Wildman–Crippen LogP) is 2.19. The predicted molar refractivity (Wildman–Crippen MR) is 50.8 cm³/mol. The summed E-state index contributed by atoms with van der Waals surface area (Å²) in [6.45, 7) is 1.29. The molecule has 13 heavy (non-hydrogen) atoms. The fourth-order valence-electron chi connectivity index (χ4n) is 0.875. The fourth-order valence-corrected chi connectivity index (χ4v) is 1.32. The maximum Gasteiger partial charge on any atom is 0.308 e. The highest BCUT2D eigenvalue weighted by Gasteiger charge is 2.07. The van der Waals surface area contributed by atoms with Gasteiger partial charge in [-0.3, -0.25) is 9.59 Å². The van der Waals surface area contributed by atoms with E-state index in [0.29, 0.717) is 16.3 Å². The molecule has 0 fully saturated rings. The Morgan fingerprint density at radius 3 is 2.77 bits per heavy atom. The van der Waals surface area contributed by atoms with Gasteiger partial charge in [0.05, 0.1) is 5.56 Å². The molecular weight excluding hydrogens is 236 g/mol. The summed E-state index contributed by atoms with van der Waals surface area (Å²) in [6.07, 6.45) is 0.641. The molecule has 0 bridgehead atoms. The van der Waals surface area contributed by atoms with Crippen LogP contribution >= 0.6 is 15.9 Å². The van der Waals surface area contributed by atoms with Gasteiger partial charge < -0.3 is 4.74 Å². The average molecular weight is 243 g/mol. The second kappa shape index (κ2) is 4.18. The standard InChI is InChI=1S/C9H7BrO3/c1-6(12)13-9-4-2-3-8(10)7(9)5-11/h2-5H,1H3. The molecule has 0 aliphatic heterocycles. The van der Waals surface area contributed by atoms with Crippen LogP contribution in [0, 0.1) is 0 Å². The minimum absolute atomic E-state index is 0.275. The molecular formula is C9H7BrO3. The van der Waals surface area contributed by atoms with Crippen molar-refractivity contribution in [1.82, 2.24) is 0 Å². The van der Waals surface area contributed by atoms with E-state index in [0.717, 1.165) is 0 Å². The third kappa shape index (κ3) is 2.39. The highest BCUT2D eigenvalue weighted by Crippen LogP contribution is 2.24. The van der Waals surface area contributed by atoms with Gasteiger partial charge in [-0.2, -0.15) is 0 Å². The average Bonchev–Trinajstić information content (AvgIpc) is 2.03. The number of rotatable bonds is 2. The van der Waals surface area contributed by atoms with Gasteiger partial charge in [0, 0.05) is 11.4 Å². The number of esters is 1. The Morgan fingerprint density at radius 2 is 2.23 bits per heavy atom. The lowest BCUT2D eigenvalue weighted by atomic mass is 10.2. The fraction of sp³-hybridized carbons (Fsp3) is 0.111. The SMILES string of the molecule is CC(=O)Oc1cccc(Br)c1C=O. The van der Waals surface area contributed by atoms with Crippen LogP contribution in [0.1, 0.15) is 17.3 Å². The van der Waals surface area contributed by atoms with Gasteiger partial charge in [0.1, 0.15) is 5.75 Å². The topological polar surface area (TPSA) is 43.4 Å². The van der Waals surface area contributed by atoms with E-state index in [4.69, 9.17) is 4.74 Å². The maximum atomic E-state index is 10.6. The van der Waals surface area contributed by atoms with E-state index in [1.165, 1.54) is 6.92 Å². The van der Waals surface area contributed by atoms with Gasteiger partial charge in [0.15, 0.2) is 6.29 Å². The Balaban J connectivity index is 3.12. The molecule has 0 saturated carbocycles. The molecule has 0 unspecified atom stereocenters. The second-order valence-electron chi connectivity index (χ2n) is 2.36. The monoisotopic (exact) mass is 242 g/mol. The van der Waals surface area contributed by atoms with Crippen molar-refractivity contribution in [2.24, 2.45) is 0 Å². The normalized spacial score (nSPS) is 9.38. The van der Waals surface area contributed by atoms with E-state index in [9.17, 15) is 9.59 Å². The number of aldehydes is 1. The molecule has 0 radical (unpaired) electrons. The molecule has 0 N–H and O–H groups in total. The van der Waals surface area contributed by atoms with Crippen LogP contribution in [0.5, 0.6) is 5.75 Å². The summed E-state index contributed by atoms with van der Waals surface area (Å²) in [5.74, 6) is -0.168. The second-order valence-corrected chi connectivity index (χ2v) is 3.22. The highest BCUT2D eigenvalue weighted by atomic mass is 79.9. The van der Waals surface area contributed by atoms with E-state index in [2.05, 4.69) is 15.9 Å². The van der Waals surface area contributed by atoms with Gasteiger partial charge in [0.25, 0.3) is 0 Å². The molecule has 0 spiro atoms. The minimum Gasteiger partial charge on any atom is -0.426 e. The van der Waals surface area contributed by atoms with E-state index >= 15 is 0 Å². The molecule has 1 aromatic carbocycles. The van der Waals surface area contributed by atoms with Crippen molar-refractivity contribution in [3.05, 3.63) is 28.2 Å². The highest BCUT2D eigenvalue weighted by molar-refractivity contribution is 9.10. The van der Waals surface area contributed by atoms with Crippen LogP contribution in [0.3, 0.4) is 0 Å². The summed E-state index contributed by atoms with van der Waals surface area (Å²) in [6, 6.07) is 4.96. The molecule has 0 atom stereocenters. The van der Waals surface area contributed by atoms with Gasteiger partial charge in [0.2, 0.25) is 0 Å². The van der Waals surface area contributed by atoms with Crippen molar-refractivity contribution in [1.29, 1.82) is 0 Å². The Morgan fingerprint density at radius 1 is 1.54 bits per heavy atom. The first kappa shape index (κ1) is 9.92. The first-order valence-electron chi connectivity index (χ1n) is 3.57. The smallest absolute Gasteiger partial charge is 0.308 e. The zero-order valence-electron chi connectivity index (χ0n) is 6.91. The lowest BCUT2D eigenvalue weighted by Gasteiger charge is -2.04. The molecule has 0 aliphatic carbocycles. The molecule has 0 aliphatic rings. The minimum atomic E-state index is -0.443. The van der Waals surface area contributed by atoms with Gasteiger partial charge in [-0.25, -0.2) is 0 Å². The first-order chi connectivity index (χ1) is 6.15. The molecule has 68 valence electrons. The third-order valence-corrected chi connectivity index (χ3v) is 2.08. The van der Waals surface area contributed by atoms with E-state index in [-0.39, 0.29) is 5.75 Å². The Kier molecular flexibility index (Phi) is 3.19. The largest absolute Gasteiger partial charge is 0.426 e. The van der Waals surface area contributed by atoms with Crippen LogP contribution < -0.4 is 4.74 Å². The molecule has 0 saturated heterocycles. The first-order valence-corrected chi connectivity index (χ1v) is 4.36. The van der Waals surface area contributed by atoms with E-state index in [1.807, 2.05) is 0 Å². The van der Waals surface area contributed by atoms with Crippen molar-refractivity contribution in [3.8, 4) is 5.75 Å². The summed E-state index contributed by atoms with van der Waals surface area (Å²) in [5, 5.41) is 0. The van der Waals surface area contributed by atoms with Crippen LogP contribution in [0.25, 0.3) is 0 Å². The number of benzene rings is 1. The molecule has 0 amide bonds. The van der Waals surface area contributed by atoms with Crippen LogP contribution in [0.4, 0.5) is 0 Å². The number of halogens is 1. The van der Waals surface area contributed by atoms with Crippen molar-refractivity contribution in [3.63, 3.8) is 0 Å². The quantitative estimate of drug-likeness (QED) is 0.454. The summed E-state index contributed by atoms with van der Waals surface area (Å²) in [5.41, 5.74) is 0.345. The van der Waals surface area contributed by atoms with E-state index in [1.54, 1.807) is 18.2 Å². The van der Waals surface area contributed by atoms with Crippen molar-refractivity contribution in [2.75, 3.05) is 0 Å². The lowest BCUT2D eigenvalue weighted by Crippen LogP contribution is -2.03. The summed E-state index contributed by atoms with van der Waals surface area (Å²) in [4.78, 5) is 21.2. The lowest BCUT2D eigenvalue weighted by molar-refractivity contribution is -0.131. The van der Waals surface area contributed by atoms with Crippen LogP contribution in [0.2, 0.25) is 0 Å². The Labute approximate surface area is 83.8 Å². The molecule has 0 heterocycles. The van der Waals surface area contributed by atoms with Crippen molar-refractivity contribution in [2.45, 2.75) is 6.92 Å². The van der Waals surface area contributed by atoms with Gasteiger partial charge in [-0.15, -0.1) is 0 Å². The Bertz CT molecular complexity index is 347. The van der Waals surface area contributed by atoms with Gasteiger partial charge in [-0.05, 0) is 28.1 Å². The number of carbonyl (C=O) groups is 2. The van der Waals surface area contributed by atoms with Crippen molar-refractivity contribution >= 4 is 28.2 Å². The molecule has 1 aromatic rings.